The topological polar surface area (TPSA) is 95.2 Å². The highest BCUT2D eigenvalue weighted by Gasteiger charge is 2.72. The lowest BCUT2D eigenvalue weighted by atomic mass is 9.74. The van der Waals surface area contributed by atoms with E-state index in [1.54, 1.807) is 16.8 Å². The quantitative estimate of drug-likeness (QED) is 0.664. The molecule has 35 heavy (non-hydrogen) atoms. The normalized spacial score (nSPS) is 31.0. The van der Waals surface area contributed by atoms with Gasteiger partial charge in [-0.25, -0.2) is 17.7 Å². The van der Waals surface area contributed by atoms with E-state index in [4.69, 9.17) is 0 Å². The van der Waals surface area contributed by atoms with Crippen LogP contribution in [0.3, 0.4) is 0 Å². The highest BCUT2D eigenvalue weighted by atomic mass is 32.2. The van der Waals surface area contributed by atoms with Crippen molar-refractivity contribution >= 4 is 15.9 Å². The number of amides is 1. The number of aromatic nitrogens is 2. The fraction of sp³-hybridized carbons (Fsp3) is 0.630. The third-order valence-corrected chi connectivity index (χ3v) is 13.2. The molecule has 188 valence electrons. The van der Waals surface area contributed by atoms with Gasteiger partial charge in [-0.1, -0.05) is 38.1 Å². The van der Waals surface area contributed by atoms with Crippen LogP contribution >= 0.6 is 0 Å². The van der Waals surface area contributed by atoms with Gasteiger partial charge in [0.15, 0.2) is 0 Å². The number of H-pyrrole nitrogens is 1. The van der Waals surface area contributed by atoms with Gasteiger partial charge in [0.2, 0.25) is 15.9 Å². The van der Waals surface area contributed by atoms with Gasteiger partial charge < -0.3 is 10.3 Å². The number of benzene rings is 1. The fourth-order valence-corrected chi connectivity index (χ4v) is 11.1. The van der Waals surface area contributed by atoms with E-state index >= 15 is 0 Å². The van der Waals surface area contributed by atoms with Crippen LogP contribution in [-0.2, 0) is 33.1 Å². The molecular weight excluding hydrogens is 460 g/mol. The van der Waals surface area contributed by atoms with E-state index in [-0.39, 0.29) is 29.2 Å². The van der Waals surface area contributed by atoms with Crippen molar-refractivity contribution in [1.29, 1.82) is 0 Å². The molecule has 1 aromatic heterocycles. The molecule has 6 rings (SSSR count). The van der Waals surface area contributed by atoms with Crippen molar-refractivity contribution in [3.05, 3.63) is 53.6 Å². The lowest BCUT2D eigenvalue weighted by Gasteiger charge is -2.47. The van der Waals surface area contributed by atoms with E-state index < -0.39 is 14.8 Å². The Labute approximate surface area is 208 Å². The molecule has 3 atom stereocenters. The minimum absolute atomic E-state index is 0.112. The summed E-state index contributed by atoms with van der Waals surface area (Å²) >= 11 is 0. The predicted octanol–water partition coefficient (Wildman–Crippen LogP) is 3.33. The molecule has 8 heteroatoms. The molecule has 3 fully saturated rings. The molecule has 2 N–H and O–H groups in total. The molecule has 0 radical (unpaired) electrons. The second kappa shape index (κ2) is 7.90. The van der Waals surface area contributed by atoms with Crippen LogP contribution in [0, 0.1) is 11.3 Å². The Kier molecular flexibility index (Phi) is 5.24. The van der Waals surface area contributed by atoms with Gasteiger partial charge in [-0.2, -0.15) is 0 Å². The van der Waals surface area contributed by atoms with Crippen molar-refractivity contribution in [2.24, 2.45) is 11.3 Å². The number of hydrogen-bond donors (Lipinski definition) is 2. The Hall–Kier alpha value is -2.19. The molecule has 2 heterocycles. The first-order valence-corrected chi connectivity index (χ1v) is 14.5. The number of piperidine rings is 1. The smallest absolute Gasteiger partial charge is 0.226 e. The van der Waals surface area contributed by atoms with Gasteiger partial charge in [-0.15, -0.1) is 0 Å². The molecule has 0 unspecified atom stereocenters. The van der Waals surface area contributed by atoms with Gasteiger partial charge in [0.1, 0.15) is 4.75 Å². The first-order valence-electron chi connectivity index (χ1n) is 13.0. The maximum Gasteiger partial charge on any atom is 0.226 e. The van der Waals surface area contributed by atoms with Gasteiger partial charge in [0.25, 0.3) is 0 Å². The van der Waals surface area contributed by atoms with Crippen LogP contribution in [0.5, 0.6) is 0 Å². The summed E-state index contributed by atoms with van der Waals surface area (Å²) in [6.07, 6.45) is 9.59. The van der Waals surface area contributed by atoms with E-state index in [9.17, 15) is 13.2 Å². The molecular formula is C27H36N4O3S. The van der Waals surface area contributed by atoms with Crippen LogP contribution in [0.2, 0.25) is 0 Å². The maximum absolute atomic E-state index is 14.5. The molecule has 1 aromatic carbocycles. The molecule has 2 saturated carbocycles. The van der Waals surface area contributed by atoms with Crippen LogP contribution in [0.15, 0.2) is 36.8 Å². The summed E-state index contributed by atoms with van der Waals surface area (Å²) in [5.74, 6) is 0.157. The number of sulfonamides is 1. The van der Waals surface area contributed by atoms with Crippen molar-refractivity contribution in [3.8, 4) is 0 Å². The van der Waals surface area contributed by atoms with Crippen molar-refractivity contribution in [2.75, 3.05) is 13.1 Å². The highest BCUT2D eigenvalue weighted by Crippen LogP contribution is 2.64. The number of nitrogens with one attached hydrogen (secondary N) is 2. The Morgan fingerprint density at radius 3 is 2.66 bits per heavy atom. The molecule has 1 aliphatic heterocycles. The molecule has 1 saturated heterocycles. The SMILES string of the molecule is CC1(C)[C@H]2CC[C@@]1(S(=O)(=O)N1CCC3(CCc4ccccc43)CC1)[C@@H](NC(=O)Cc1cnc[nH]1)C2. The third kappa shape index (κ3) is 3.21. The van der Waals surface area contributed by atoms with Gasteiger partial charge in [-0.05, 0) is 72.8 Å². The summed E-state index contributed by atoms with van der Waals surface area (Å²) < 4.78 is 29.8. The average molecular weight is 497 g/mol. The minimum Gasteiger partial charge on any atom is -0.351 e. The zero-order valence-electron chi connectivity index (χ0n) is 20.7. The number of imidazole rings is 1. The summed E-state index contributed by atoms with van der Waals surface area (Å²) in [5.41, 5.74) is 3.33. The second-order valence-corrected chi connectivity index (χ2v) is 14.0. The van der Waals surface area contributed by atoms with Gasteiger partial charge in [-0.3, -0.25) is 4.79 Å². The Morgan fingerprint density at radius 2 is 1.94 bits per heavy atom. The molecule has 7 nitrogen and oxygen atoms in total. The molecule has 2 aromatic rings. The number of hydrogen-bond acceptors (Lipinski definition) is 4. The Bertz CT molecular complexity index is 1230. The fourth-order valence-electron chi connectivity index (χ4n) is 8.21. The largest absolute Gasteiger partial charge is 0.351 e. The van der Waals surface area contributed by atoms with Crippen LogP contribution in [0.4, 0.5) is 0 Å². The Balaban J connectivity index is 1.25. The predicted molar refractivity (Wildman–Crippen MR) is 134 cm³/mol. The summed E-state index contributed by atoms with van der Waals surface area (Å²) in [5, 5.41) is 3.16. The zero-order valence-corrected chi connectivity index (χ0v) is 21.5. The molecule has 2 bridgehead atoms. The number of nitrogens with zero attached hydrogens (tertiary/aromatic N) is 2. The van der Waals surface area contributed by atoms with Crippen LogP contribution in [-0.4, -0.2) is 52.5 Å². The van der Waals surface area contributed by atoms with Crippen molar-refractivity contribution in [2.45, 2.75) is 81.4 Å². The number of carbonyl (C=O) groups excluding carboxylic acids is 1. The lowest BCUT2D eigenvalue weighted by Crippen LogP contribution is -2.63. The molecule has 1 spiro atoms. The number of aromatic amines is 1. The van der Waals surface area contributed by atoms with Crippen LogP contribution in [0.1, 0.15) is 69.2 Å². The van der Waals surface area contributed by atoms with Gasteiger partial charge >= 0.3 is 0 Å². The van der Waals surface area contributed by atoms with Crippen molar-refractivity contribution in [1.82, 2.24) is 19.6 Å². The highest BCUT2D eigenvalue weighted by molar-refractivity contribution is 7.90. The summed E-state index contributed by atoms with van der Waals surface area (Å²) in [7, 11) is -3.62. The summed E-state index contributed by atoms with van der Waals surface area (Å²) in [6, 6.07) is 8.33. The first kappa shape index (κ1) is 23.2. The van der Waals surface area contributed by atoms with E-state index in [2.05, 4.69) is 53.4 Å². The number of rotatable bonds is 5. The van der Waals surface area contributed by atoms with Gasteiger partial charge in [0.05, 0.1) is 18.8 Å². The minimum atomic E-state index is -3.62. The summed E-state index contributed by atoms with van der Waals surface area (Å²) in [6.45, 7) is 5.35. The van der Waals surface area contributed by atoms with E-state index in [1.165, 1.54) is 11.1 Å². The van der Waals surface area contributed by atoms with Crippen molar-refractivity contribution in [3.63, 3.8) is 0 Å². The summed E-state index contributed by atoms with van der Waals surface area (Å²) in [4.78, 5) is 19.9. The third-order valence-electron chi connectivity index (χ3n) is 10.2. The van der Waals surface area contributed by atoms with E-state index in [1.807, 2.05) is 0 Å². The van der Waals surface area contributed by atoms with Crippen molar-refractivity contribution < 1.29 is 13.2 Å². The average Bonchev–Trinajstić information content (AvgIpc) is 3.57. The number of carbonyl (C=O) groups is 1. The number of aryl methyl sites for hydroxylation is 1. The van der Waals surface area contributed by atoms with Crippen LogP contribution in [0.25, 0.3) is 0 Å². The van der Waals surface area contributed by atoms with Crippen LogP contribution < -0.4 is 5.32 Å². The molecule has 4 aliphatic rings. The molecule has 3 aliphatic carbocycles. The Morgan fingerprint density at radius 1 is 1.17 bits per heavy atom. The monoisotopic (exact) mass is 496 g/mol. The second-order valence-electron chi connectivity index (χ2n) is 11.8. The standard InChI is InChI=1S/C27H36N4O3S/c1-25(2)20-8-10-27(25,23(15-20)30-24(32)16-21-17-28-18-29-21)35(33,34)31-13-11-26(12-14-31)9-7-19-5-3-4-6-22(19)26/h3-6,17-18,20,23H,7-16H2,1-2H3,(H,28,29)(H,30,32)/t20-,23-,27+/m0/s1. The van der Waals surface area contributed by atoms with E-state index in [0.717, 1.165) is 44.2 Å². The maximum atomic E-state index is 14.5. The lowest BCUT2D eigenvalue weighted by molar-refractivity contribution is -0.121. The number of fused-ring (bicyclic) bond motifs is 4. The first-order chi connectivity index (χ1) is 16.7. The van der Waals surface area contributed by atoms with Gasteiger partial charge in [0, 0.05) is 25.0 Å². The van der Waals surface area contributed by atoms with E-state index in [0.29, 0.717) is 25.4 Å². The molecule has 1 amide bonds. The zero-order chi connectivity index (χ0) is 24.5.